The summed E-state index contributed by atoms with van der Waals surface area (Å²) in [7, 11) is 0. The molecule has 0 aliphatic carbocycles. The van der Waals surface area contributed by atoms with Gasteiger partial charge in [-0.05, 0) is 24.3 Å². The van der Waals surface area contributed by atoms with Gasteiger partial charge in [0.05, 0.1) is 22.7 Å². The molecule has 0 amide bonds. The number of aliphatic hydroxyl groups excluding tert-OH is 1. The van der Waals surface area contributed by atoms with Crippen molar-refractivity contribution in [2.75, 3.05) is 0 Å². The molecule has 3 aromatic rings. The Hall–Kier alpha value is -3.39. The van der Waals surface area contributed by atoms with Gasteiger partial charge in [-0.1, -0.05) is 24.3 Å². The average molecular weight is 289 g/mol. The molecule has 2 aromatic carbocycles. The molecule has 3 rings (SSSR count). The van der Waals surface area contributed by atoms with Crippen LogP contribution in [0.2, 0.25) is 0 Å². The Morgan fingerprint density at radius 2 is 1.91 bits per heavy atom. The summed E-state index contributed by atoms with van der Waals surface area (Å²) in [5.41, 5.74) is 1.62. The largest absolute Gasteiger partial charge is 0.507 e. The number of rotatable bonds is 2. The van der Waals surface area contributed by atoms with Crippen LogP contribution in [0.5, 0.6) is 0 Å². The second-order valence-electron chi connectivity index (χ2n) is 4.66. The van der Waals surface area contributed by atoms with Crippen molar-refractivity contribution in [2.24, 2.45) is 0 Å². The molecule has 1 aromatic heterocycles. The van der Waals surface area contributed by atoms with Crippen molar-refractivity contribution < 1.29 is 5.11 Å². The van der Waals surface area contributed by atoms with Crippen LogP contribution in [-0.2, 0) is 0 Å². The fourth-order valence-corrected chi connectivity index (χ4v) is 2.15. The lowest BCUT2D eigenvalue weighted by molar-refractivity contribution is 0.515. The Bertz CT molecular complexity index is 981. The summed E-state index contributed by atoms with van der Waals surface area (Å²) in [4.78, 5) is 19.0. The molecule has 0 atom stereocenters. The van der Waals surface area contributed by atoms with Crippen molar-refractivity contribution in [3.63, 3.8) is 0 Å². The van der Waals surface area contributed by atoms with E-state index < -0.39 is 5.56 Å². The highest BCUT2D eigenvalue weighted by atomic mass is 16.3. The van der Waals surface area contributed by atoms with E-state index >= 15 is 0 Å². The first-order valence-electron chi connectivity index (χ1n) is 6.58. The van der Waals surface area contributed by atoms with Crippen molar-refractivity contribution >= 4 is 22.9 Å². The van der Waals surface area contributed by atoms with E-state index in [0.29, 0.717) is 22.2 Å². The standard InChI is InChI=1S/C17H11N3O2/c18-10-11-5-1-2-6-12(11)16(21)9-15-17(22)20-14-8-4-3-7-13(14)19-15/h1-9,21H,(H,20,22)/b16-9-. The van der Waals surface area contributed by atoms with Gasteiger partial charge in [0.1, 0.15) is 11.5 Å². The number of para-hydroxylation sites is 2. The molecule has 0 aliphatic heterocycles. The Labute approximate surface area is 125 Å². The second kappa shape index (κ2) is 5.54. The summed E-state index contributed by atoms with van der Waals surface area (Å²) in [6, 6.07) is 15.7. The van der Waals surface area contributed by atoms with Gasteiger partial charge in [-0.3, -0.25) is 4.79 Å². The number of hydrogen-bond acceptors (Lipinski definition) is 4. The number of aromatic nitrogens is 2. The molecule has 0 unspecified atom stereocenters. The van der Waals surface area contributed by atoms with Gasteiger partial charge < -0.3 is 10.1 Å². The minimum Gasteiger partial charge on any atom is -0.507 e. The van der Waals surface area contributed by atoms with Gasteiger partial charge in [0, 0.05) is 11.6 Å². The molecule has 5 nitrogen and oxygen atoms in total. The van der Waals surface area contributed by atoms with Crippen LogP contribution in [0.15, 0.2) is 53.3 Å². The number of nitriles is 1. The Morgan fingerprint density at radius 3 is 2.73 bits per heavy atom. The normalized spacial score (nSPS) is 11.3. The van der Waals surface area contributed by atoms with Crippen LogP contribution in [0.1, 0.15) is 16.8 Å². The average Bonchev–Trinajstić information content (AvgIpc) is 2.55. The minimum atomic E-state index is -0.403. The number of aliphatic hydroxyl groups is 1. The molecule has 0 bridgehead atoms. The van der Waals surface area contributed by atoms with E-state index in [1.54, 1.807) is 42.5 Å². The van der Waals surface area contributed by atoms with Gasteiger partial charge in [-0.25, -0.2) is 4.98 Å². The van der Waals surface area contributed by atoms with Crippen LogP contribution in [0.4, 0.5) is 0 Å². The van der Waals surface area contributed by atoms with Crippen LogP contribution in [0, 0.1) is 11.3 Å². The predicted molar refractivity (Wildman–Crippen MR) is 84.0 cm³/mol. The van der Waals surface area contributed by atoms with E-state index in [4.69, 9.17) is 5.26 Å². The molecule has 0 saturated heterocycles. The molecule has 0 fully saturated rings. The Balaban J connectivity index is 2.14. The first-order chi connectivity index (χ1) is 10.7. The molecule has 2 N–H and O–H groups in total. The maximum Gasteiger partial charge on any atom is 0.274 e. The van der Waals surface area contributed by atoms with Crippen molar-refractivity contribution in [3.05, 3.63) is 75.7 Å². The maximum atomic E-state index is 12.0. The number of H-pyrrole nitrogens is 1. The smallest absolute Gasteiger partial charge is 0.274 e. The molecule has 106 valence electrons. The lowest BCUT2D eigenvalue weighted by atomic mass is 10.1. The molecule has 22 heavy (non-hydrogen) atoms. The first kappa shape index (κ1) is 13.6. The van der Waals surface area contributed by atoms with E-state index in [1.807, 2.05) is 12.1 Å². The topological polar surface area (TPSA) is 89.8 Å². The molecule has 0 spiro atoms. The van der Waals surface area contributed by atoms with E-state index in [0.717, 1.165) is 0 Å². The van der Waals surface area contributed by atoms with Crippen molar-refractivity contribution in [1.82, 2.24) is 9.97 Å². The van der Waals surface area contributed by atoms with Gasteiger partial charge in [0.15, 0.2) is 0 Å². The lowest BCUT2D eigenvalue weighted by Crippen LogP contribution is -2.12. The van der Waals surface area contributed by atoms with Crippen LogP contribution < -0.4 is 5.56 Å². The van der Waals surface area contributed by atoms with Gasteiger partial charge in [-0.2, -0.15) is 5.26 Å². The summed E-state index contributed by atoms with van der Waals surface area (Å²) in [5.74, 6) is -0.176. The zero-order valence-corrected chi connectivity index (χ0v) is 11.4. The number of benzene rings is 2. The zero-order valence-electron chi connectivity index (χ0n) is 11.4. The quantitative estimate of drug-likeness (QED) is 0.710. The summed E-state index contributed by atoms with van der Waals surface area (Å²) < 4.78 is 0. The summed E-state index contributed by atoms with van der Waals surface area (Å²) >= 11 is 0. The third kappa shape index (κ3) is 2.45. The maximum absolute atomic E-state index is 12.0. The number of nitrogens with zero attached hydrogens (tertiary/aromatic N) is 2. The van der Waals surface area contributed by atoms with Gasteiger partial charge in [0.25, 0.3) is 5.56 Å². The summed E-state index contributed by atoms with van der Waals surface area (Å²) in [5, 5.41) is 19.3. The number of fused-ring (bicyclic) bond motifs is 1. The SMILES string of the molecule is N#Cc1ccccc1/C(O)=C/c1nc2ccccc2[nH]c1=O. The third-order valence-corrected chi connectivity index (χ3v) is 3.22. The number of hydrogen-bond donors (Lipinski definition) is 2. The van der Waals surface area contributed by atoms with E-state index in [1.165, 1.54) is 6.08 Å². The van der Waals surface area contributed by atoms with Crippen LogP contribution in [0.25, 0.3) is 22.9 Å². The van der Waals surface area contributed by atoms with Crippen LogP contribution in [-0.4, -0.2) is 15.1 Å². The van der Waals surface area contributed by atoms with E-state index in [2.05, 4.69) is 9.97 Å². The molecule has 0 aliphatic rings. The molecule has 1 heterocycles. The molecule has 5 heteroatoms. The molecular weight excluding hydrogens is 278 g/mol. The number of aromatic amines is 1. The van der Waals surface area contributed by atoms with Crippen molar-refractivity contribution in [1.29, 1.82) is 5.26 Å². The highest BCUT2D eigenvalue weighted by Crippen LogP contribution is 2.18. The Kier molecular flexibility index (Phi) is 3.42. The summed E-state index contributed by atoms with van der Waals surface area (Å²) in [6.45, 7) is 0. The highest BCUT2D eigenvalue weighted by Gasteiger charge is 2.08. The van der Waals surface area contributed by atoms with Crippen molar-refractivity contribution in [3.8, 4) is 6.07 Å². The first-order valence-corrected chi connectivity index (χ1v) is 6.58. The van der Waals surface area contributed by atoms with Crippen LogP contribution >= 0.6 is 0 Å². The highest BCUT2D eigenvalue weighted by molar-refractivity contribution is 5.80. The van der Waals surface area contributed by atoms with E-state index in [-0.39, 0.29) is 11.5 Å². The molecule has 0 saturated carbocycles. The predicted octanol–water partition coefficient (Wildman–Crippen LogP) is 2.85. The molecular formula is C17H11N3O2. The monoisotopic (exact) mass is 289 g/mol. The van der Waals surface area contributed by atoms with Crippen molar-refractivity contribution in [2.45, 2.75) is 0 Å². The second-order valence-corrected chi connectivity index (χ2v) is 4.66. The fourth-order valence-electron chi connectivity index (χ4n) is 2.15. The number of nitrogens with one attached hydrogen (secondary N) is 1. The molecule has 0 radical (unpaired) electrons. The zero-order chi connectivity index (χ0) is 15.5. The Morgan fingerprint density at radius 1 is 1.18 bits per heavy atom. The summed E-state index contributed by atoms with van der Waals surface area (Å²) in [6.07, 6.45) is 1.27. The van der Waals surface area contributed by atoms with Gasteiger partial charge in [0.2, 0.25) is 0 Å². The third-order valence-electron chi connectivity index (χ3n) is 3.22. The fraction of sp³-hybridized carbons (Fsp3) is 0. The van der Waals surface area contributed by atoms with E-state index in [9.17, 15) is 9.90 Å². The minimum absolute atomic E-state index is 0.0870. The van der Waals surface area contributed by atoms with Crippen LogP contribution in [0.3, 0.4) is 0 Å². The van der Waals surface area contributed by atoms with Gasteiger partial charge >= 0.3 is 0 Å². The van der Waals surface area contributed by atoms with Gasteiger partial charge in [-0.15, -0.1) is 0 Å². The lowest BCUT2D eigenvalue weighted by Gasteiger charge is -2.03.